The number of nitrogens with two attached hydrogens (primary N) is 1. The van der Waals surface area contributed by atoms with Crippen LogP contribution in [0.25, 0.3) is 0 Å². The Hall–Kier alpha value is -2.95. The molecule has 1 fully saturated rings. The van der Waals surface area contributed by atoms with Crippen LogP contribution in [0.1, 0.15) is 60.0 Å². The van der Waals surface area contributed by atoms with Crippen LogP contribution >= 0.6 is 0 Å². The minimum absolute atomic E-state index is 0.185. The van der Waals surface area contributed by atoms with Gasteiger partial charge in [-0.15, -0.1) is 5.92 Å². The zero-order valence-electron chi connectivity index (χ0n) is 19.5. The first-order valence-corrected chi connectivity index (χ1v) is 11.2. The summed E-state index contributed by atoms with van der Waals surface area (Å²) < 4.78 is 0. The maximum absolute atomic E-state index is 11.9. The van der Waals surface area contributed by atoms with Crippen molar-refractivity contribution in [3.8, 4) is 11.8 Å². The number of primary amides is 1. The SMILES string of the molecule is CC#CCN(C)[C@@H](C)CNCCc1cccc(Nc2nc(C3CC3)c(C)nc2C(N)=O)c1. The molecule has 0 saturated heterocycles. The quantitative estimate of drug-likeness (QED) is 0.372. The van der Waals surface area contributed by atoms with Gasteiger partial charge in [-0.25, -0.2) is 9.97 Å². The van der Waals surface area contributed by atoms with Crippen molar-refractivity contribution in [1.82, 2.24) is 20.2 Å². The molecule has 1 atom stereocenters. The summed E-state index contributed by atoms with van der Waals surface area (Å²) in [5, 5.41) is 6.80. The molecule has 1 aromatic carbocycles. The molecule has 0 radical (unpaired) electrons. The topological polar surface area (TPSA) is 96.2 Å². The molecule has 1 saturated carbocycles. The predicted molar refractivity (Wildman–Crippen MR) is 129 cm³/mol. The van der Waals surface area contributed by atoms with Crippen molar-refractivity contribution in [1.29, 1.82) is 0 Å². The highest BCUT2D eigenvalue weighted by atomic mass is 16.1. The summed E-state index contributed by atoms with van der Waals surface area (Å²) in [6.07, 6.45) is 3.14. The van der Waals surface area contributed by atoms with Crippen molar-refractivity contribution in [3.05, 3.63) is 46.9 Å². The summed E-state index contributed by atoms with van der Waals surface area (Å²) >= 11 is 0. The standard InChI is InChI=1S/C25H34N6O/c1-5-6-14-31(4)17(2)16-27-13-12-19-8-7-9-21(15-19)29-25-23(24(26)32)28-18(3)22(30-25)20-10-11-20/h7-9,15,17,20,27H,10-14,16H2,1-4H3,(H2,26,32)(H,29,30)/t17-/m0/s1. The summed E-state index contributed by atoms with van der Waals surface area (Å²) in [6, 6.07) is 8.57. The molecule has 2 aromatic rings. The average Bonchev–Trinajstić information content (AvgIpc) is 3.61. The molecule has 0 unspecified atom stereocenters. The molecule has 0 spiro atoms. The Labute approximate surface area is 191 Å². The van der Waals surface area contributed by atoms with E-state index in [1.807, 2.05) is 26.0 Å². The van der Waals surface area contributed by atoms with Gasteiger partial charge in [-0.3, -0.25) is 9.69 Å². The van der Waals surface area contributed by atoms with E-state index in [0.717, 1.165) is 56.0 Å². The van der Waals surface area contributed by atoms with Gasteiger partial charge in [-0.2, -0.15) is 0 Å². The van der Waals surface area contributed by atoms with Gasteiger partial charge in [-0.05, 0) is 71.3 Å². The second-order valence-electron chi connectivity index (χ2n) is 8.50. The van der Waals surface area contributed by atoms with Crippen LogP contribution in [0.3, 0.4) is 0 Å². The number of nitrogens with zero attached hydrogens (tertiary/aromatic N) is 3. The van der Waals surface area contributed by atoms with Gasteiger partial charge in [-0.1, -0.05) is 18.1 Å². The molecule has 1 heterocycles. The third-order valence-corrected chi connectivity index (χ3v) is 5.78. The molecule has 7 nitrogen and oxygen atoms in total. The van der Waals surface area contributed by atoms with E-state index < -0.39 is 5.91 Å². The fraction of sp³-hybridized carbons (Fsp3) is 0.480. The van der Waals surface area contributed by atoms with Crippen LogP contribution in [0.4, 0.5) is 11.5 Å². The van der Waals surface area contributed by atoms with Crippen LogP contribution < -0.4 is 16.4 Å². The van der Waals surface area contributed by atoms with E-state index in [-0.39, 0.29) is 5.69 Å². The Morgan fingerprint density at radius 2 is 2.12 bits per heavy atom. The van der Waals surface area contributed by atoms with Crippen LogP contribution in [0.5, 0.6) is 0 Å². The molecule has 1 aliphatic rings. The van der Waals surface area contributed by atoms with Gasteiger partial charge in [0.15, 0.2) is 11.5 Å². The van der Waals surface area contributed by atoms with Crippen molar-refractivity contribution in [3.63, 3.8) is 0 Å². The molecule has 7 heteroatoms. The zero-order chi connectivity index (χ0) is 23.1. The first-order chi connectivity index (χ1) is 15.4. The molecule has 0 aliphatic heterocycles. The molecule has 1 amide bonds. The largest absolute Gasteiger partial charge is 0.364 e. The van der Waals surface area contributed by atoms with E-state index in [1.165, 1.54) is 5.56 Å². The van der Waals surface area contributed by atoms with Gasteiger partial charge >= 0.3 is 0 Å². The number of aryl methyl sites for hydroxylation is 1. The van der Waals surface area contributed by atoms with Crippen molar-refractivity contribution >= 4 is 17.4 Å². The second kappa shape index (κ2) is 11.1. The Balaban J connectivity index is 1.60. The molecule has 0 bridgehead atoms. The van der Waals surface area contributed by atoms with Gasteiger partial charge in [0.25, 0.3) is 5.91 Å². The highest BCUT2D eigenvalue weighted by molar-refractivity contribution is 5.96. The number of amides is 1. The van der Waals surface area contributed by atoms with Crippen molar-refractivity contribution in [2.24, 2.45) is 5.73 Å². The van der Waals surface area contributed by atoms with E-state index in [2.05, 4.69) is 58.5 Å². The highest BCUT2D eigenvalue weighted by Crippen LogP contribution is 2.40. The Bertz CT molecular complexity index is 1010. The molecule has 4 N–H and O–H groups in total. The van der Waals surface area contributed by atoms with E-state index in [4.69, 9.17) is 10.7 Å². The summed E-state index contributed by atoms with van der Waals surface area (Å²) in [5.41, 5.74) is 9.56. The van der Waals surface area contributed by atoms with Gasteiger partial charge in [0.2, 0.25) is 0 Å². The van der Waals surface area contributed by atoms with Crippen LogP contribution in [-0.4, -0.2) is 53.5 Å². The first kappa shape index (κ1) is 23.7. The normalized spacial score (nSPS) is 14.0. The smallest absolute Gasteiger partial charge is 0.271 e. The van der Waals surface area contributed by atoms with E-state index in [0.29, 0.717) is 17.8 Å². The lowest BCUT2D eigenvalue weighted by Crippen LogP contribution is -2.38. The maximum atomic E-state index is 11.9. The highest BCUT2D eigenvalue weighted by Gasteiger charge is 2.29. The lowest BCUT2D eigenvalue weighted by atomic mass is 10.1. The summed E-state index contributed by atoms with van der Waals surface area (Å²) in [7, 11) is 2.09. The first-order valence-electron chi connectivity index (χ1n) is 11.2. The molecule has 32 heavy (non-hydrogen) atoms. The average molecular weight is 435 g/mol. The van der Waals surface area contributed by atoms with Gasteiger partial charge < -0.3 is 16.4 Å². The number of nitrogens with one attached hydrogen (secondary N) is 2. The van der Waals surface area contributed by atoms with Gasteiger partial charge in [0.05, 0.1) is 17.9 Å². The summed E-state index contributed by atoms with van der Waals surface area (Å²) in [5.74, 6) is 6.34. The van der Waals surface area contributed by atoms with Gasteiger partial charge in [0, 0.05) is 24.2 Å². The zero-order valence-corrected chi connectivity index (χ0v) is 19.5. The minimum Gasteiger partial charge on any atom is -0.364 e. The fourth-order valence-corrected chi connectivity index (χ4v) is 3.54. The molecular formula is C25H34N6O. The monoisotopic (exact) mass is 434 g/mol. The van der Waals surface area contributed by atoms with Crippen molar-refractivity contribution < 1.29 is 4.79 Å². The number of hydrogen-bond donors (Lipinski definition) is 3. The summed E-state index contributed by atoms with van der Waals surface area (Å²) in [4.78, 5) is 23.3. The van der Waals surface area contributed by atoms with E-state index in [1.54, 1.807) is 0 Å². The summed E-state index contributed by atoms with van der Waals surface area (Å²) in [6.45, 7) is 8.52. The lowest BCUT2D eigenvalue weighted by molar-refractivity contribution is 0.0996. The number of benzene rings is 1. The van der Waals surface area contributed by atoms with E-state index >= 15 is 0 Å². The Morgan fingerprint density at radius 1 is 1.34 bits per heavy atom. The van der Waals surface area contributed by atoms with Crippen molar-refractivity contribution in [2.45, 2.75) is 52.0 Å². The van der Waals surface area contributed by atoms with Crippen LogP contribution in [-0.2, 0) is 6.42 Å². The number of hydrogen-bond acceptors (Lipinski definition) is 6. The molecule has 3 rings (SSSR count). The molecular weight excluding hydrogens is 400 g/mol. The lowest BCUT2D eigenvalue weighted by Gasteiger charge is -2.22. The third kappa shape index (κ3) is 6.52. The third-order valence-electron chi connectivity index (χ3n) is 5.78. The van der Waals surface area contributed by atoms with Crippen molar-refractivity contribution in [2.75, 3.05) is 32.0 Å². The second-order valence-corrected chi connectivity index (χ2v) is 8.50. The minimum atomic E-state index is -0.574. The maximum Gasteiger partial charge on any atom is 0.271 e. The number of anilines is 2. The Kier molecular flexibility index (Phi) is 8.20. The predicted octanol–water partition coefficient (Wildman–Crippen LogP) is 2.98. The van der Waals surface area contributed by atoms with E-state index in [9.17, 15) is 4.79 Å². The number of rotatable bonds is 11. The number of aromatic nitrogens is 2. The van der Waals surface area contributed by atoms with Gasteiger partial charge in [0.1, 0.15) is 0 Å². The van der Waals surface area contributed by atoms with Crippen LogP contribution in [0.2, 0.25) is 0 Å². The molecule has 1 aromatic heterocycles. The molecule has 1 aliphatic carbocycles. The fourth-order valence-electron chi connectivity index (χ4n) is 3.54. The Morgan fingerprint density at radius 3 is 2.81 bits per heavy atom. The number of carbonyl (C=O) groups is 1. The number of carbonyl (C=O) groups excluding carboxylic acids is 1. The van der Waals surface area contributed by atoms with Crippen LogP contribution in [0.15, 0.2) is 24.3 Å². The number of likely N-dealkylation sites (N-methyl/N-ethyl adjacent to an activating group) is 1. The van der Waals surface area contributed by atoms with Crippen LogP contribution in [0, 0.1) is 18.8 Å². The molecule has 170 valence electrons.